The number of ether oxygens (including phenoxy) is 4. The van der Waals surface area contributed by atoms with Crippen molar-refractivity contribution in [1.29, 1.82) is 0 Å². The Hall–Kier alpha value is -4.81. The van der Waals surface area contributed by atoms with Gasteiger partial charge in [0.25, 0.3) is 5.91 Å². The summed E-state index contributed by atoms with van der Waals surface area (Å²) in [6.07, 6.45) is 1.10. The van der Waals surface area contributed by atoms with Crippen molar-refractivity contribution in [2.45, 2.75) is 26.7 Å². The van der Waals surface area contributed by atoms with Gasteiger partial charge >= 0.3 is 5.97 Å². The highest BCUT2D eigenvalue weighted by Crippen LogP contribution is 2.31. The lowest BCUT2D eigenvalue weighted by molar-refractivity contribution is 0.0166. The van der Waals surface area contributed by atoms with Crippen LogP contribution in [0.4, 0.5) is 0 Å². The zero-order valence-electron chi connectivity index (χ0n) is 28.1. The molecule has 4 N–H and O–H groups in total. The average molecular weight is 669 g/mol. The number of carbonyl (C=O) groups excluding carboxylic acids is 1. The lowest BCUT2D eigenvalue weighted by Gasteiger charge is -2.15. The predicted molar refractivity (Wildman–Crippen MR) is 189 cm³/mol. The van der Waals surface area contributed by atoms with E-state index in [2.05, 4.69) is 10.4 Å². The summed E-state index contributed by atoms with van der Waals surface area (Å²) in [6, 6.07) is 23.4. The van der Waals surface area contributed by atoms with E-state index in [4.69, 9.17) is 24.7 Å². The molecule has 11 nitrogen and oxygen atoms in total. The second-order valence-electron chi connectivity index (χ2n) is 11.6. The van der Waals surface area contributed by atoms with Gasteiger partial charge in [-0.1, -0.05) is 42.5 Å². The smallest absolute Gasteiger partial charge is 0.356 e. The minimum absolute atomic E-state index is 0.0224. The number of amides is 1. The number of nitrogens with two attached hydrogens (primary N) is 1. The van der Waals surface area contributed by atoms with E-state index in [0.717, 1.165) is 44.4 Å². The number of aromatic nitrogens is 2. The summed E-state index contributed by atoms with van der Waals surface area (Å²) >= 11 is 0. The van der Waals surface area contributed by atoms with Gasteiger partial charge in [-0.25, -0.2) is 9.31 Å². The minimum Gasteiger partial charge on any atom is -0.493 e. The second-order valence-corrected chi connectivity index (χ2v) is 11.6. The Bertz CT molecular complexity index is 1860. The molecule has 1 amide bonds. The molecule has 5 aromatic rings. The molecule has 0 aliphatic heterocycles. The van der Waals surface area contributed by atoms with Crippen molar-refractivity contribution in [2.24, 2.45) is 5.73 Å². The summed E-state index contributed by atoms with van der Waals surface area (Å²) in [7, 11) is 0. The molecule has 0 fully saturated rings. The van der Waals surface area contributed by atoms with Gasteiger partial charge in [0.15, 0.2) is 5.69 Å². The van der Waals surface area contributed by atoms with Gasteiger partial charge in [-0.2, -0.15) is 5.10 Å². The maximum Gasteiger partial charge on any atom is 0.356 e. The van der Waals surface area contributed by atoms with Crippen LogP contribution >= 0.6 is 0 Å². The molecule has 0 saturated heterocycles. The minimum atomic E-state index is -1.08. The Morgan fingerprint density at radius 2 is 1.51 bits per heavy atom. The topological polar surface area (TPSA) is 147 Å². The maximum atomic E-state index is 13.0. The fraction of sp³-hybridized carbons (Fsp3) is 0.342. The number of aromatic carboxylic acids is 1. The van der Waals surface area contributed by atoms with Crippen LogP contribution in [0.3, 0.4) is 0 Å². The van der Waals surface area contributed by atoms with Crippen LogP contribution in [0.1, 0.15) is 44.0 Å². The first-order chi connectivity index (χ1) is 23.9. The standard InChI is InChI=1S/C38H44N4O7/c1-26-24-29(37(43)40-16-19-47-21-23-48-22-20-46-18-15-39)25-27(2)35(26)33-13-6-12-32-31(36(38(44)45)41-42(32)33)11-7-17-49-34-14-5-9-28-8-3-4-10-30(28)34/h3-6,8-10,12-14,24-25H,7,11,15-23,39H2,1-2H3,(H,40,43)(H,44,45). The molecule has 2 heterocycles. The fourth-order valence-electron chi connectivity index (χ4n) is 5.94. The molecular formula is C38H44N4O7. The van der Waals surface area contributed by atoms with Gasteiger partial charge in [-0.3, -0.25) is 4.79 Å². The van der Waals surface area contributed by atoms with Crippen molar-refractivity contribution in [2.75, 3.05) is 59.3 Å². The predicted octanol–water partition coefficient (Wildman–Crippen LogP) is 5.22. The van der Waals surface area contributed by atoms with Gasteiger partial charge in [-0.05, 0) is 73.5 Å². The number of fused-ring (bicyclic) bond motifs is 2. The summed E-state index contributed by atoms with van der Waals surface area (Å²) in [5.74, 6) is -0.477. The first kappa shape index (κ1) is 35.5. The first-order valence-corrected chi connectivity index (χ1v) is 16.6. The molecule has 0 atom stereocenters. The normalized spacial score (nSPS) is 11.3. The number of benzene rings is 3. The molecule has 0 unspecified atom stereocenters. The van der Waals surface area contributed by atoms with Crippen LogP contribution in [-0.4, -0.2) is 85.9 Å². The van der Waals surface area contributed by atoms with Crippen LogP contribution in [-0.2, 0) is 20.6 Å². The second kappa shape index (κ2) is 17.5. The van der Waals surface area contributed by atoms with E-state index in [1.165, 1.54) is 0 Å². The number of nitrogens with one attached hydrogen (secondary N) is 1. The molecule has 0 aliphatic carbocycles. The Morgan fingerprint density at radius 1 is 0.837 bits per heavy atom. The molecule has 49 heavy (non-hydrogen) atoms. The lowest BCUT2D eigenvalue weighted by Crippen LogP contribution is -2.28. The van der Waals surface area contributed by atoms with Crippen LogP contribution in [0.25, 0.3) is 27.5 Å². The van der Waals surface area contributed by atoms with Gasteiger partial charge in [-0.15, -0.1) is 0 Å². The number of hydrogen-bond acceptors (Lipinski definition) is 8. The molecule has 258 valence electrons. The van der Waals surface area contributed by atoms with E-state index < -0.39 is 5.97 Å². The van der Waals surface area contributed by atoms with Gasteiger partial charge in [0.2, 0.25) is 0 Å². The molecule has 3 aromatic carbocycles. The van der Waals surface area contributed by atoms with Crippen LogP contribution in [0.2, 0.25) is 0 Å². The van der Waals surface area contributed by atoms with Crippen LogP contribution in [0.15, 0.2) is 72.8 Å². The zero-order valence-corrected chi connectivity index (χ0v) is 28.1. The van der Waals surface area contributed by atoms with E-state index in [0.29, 0.717) is 83.3 Å². The molecule has 2 aromatic heterocycles. The Kier molecular flexibility index (Phi) is 12.7. The molecule has 11 heteroatoms. The number of aryl methyl sites for hydroxylation is 3. The van der Waals surface area contributed by atoms with Gasteiger partial charge in [0.1, 0.15) is 5.75 Å². The van der Waals surface area contributed by atoms with Crippen molar-refractivity contribution in [1.82, 2.24) is 14.9 Å². The highest BCUT2D eigenvalue weighted by atomic mass is 16.5. The van der Waals surface area contributed by atoms with Crippen LogP contribution < -0.4 is 15.8 Å². The van der Waals surface area contributed by atoms with Gasteiger partial charge in [0.05, 0.1) is 57.5 Å². The van der Waals surface area contributed by atoms with Gasteiger partial charge in [0, 0.05) is 35.2 Å². The van der Waals surface area contributed by atoms with Crippen LogP contribution in [0, 0.1) is 13.8 Å². The lowest BCUT2D eigenvalue weighted by atomic mass is 9.96. The van der Waals surface area contributed by atoms with E-state index >= 15 is 0 Å². The molecule has 0 saturated carbocycles. The molecule has 5 rings (SSSR count). The third-order valence-electron chi connectivity index (χ3n) is 8.13. The maximum absolute atomic E-state index is 13.0. The summed E-state index contributed by atoms with van der Waals surface area (Å²) in [5.41, 5.74) is 10.7. The Labute approximate surface area is 285 Å². The highest BCUT2D eigenvalue weighted by Gasteiger charge is 2.22. The van der Waals surface area contributed by atoms with E-state index in [9.17, 15) is 14.7 Å². The largest absolute Gasteiger partial charge is 0.493 e. The zero-order chi connectivity index (χ0) is 34.6. The van der Waals surface area contributed by atoms with Crippen molar-refractivity contribution < 1.29 is 33.6 Å². The molecule has 0 bridgehead atoms. The quantitative estimate of drug-likeness (QED) is 0.101. The summed E-state index contributed by atoms with van der Waals surface area (Å²) in [5, 5.41) is 19.7. The highest BCUT2D eigenvalue weighted by molar-refractivity contribution is 5.96. The average Bonchev–Trinajstić information content (AvgIpc) is 3.48. The summed E-state index contributed by atoms with van der Waals surface area (Å²) in [6.45, 7) is 7.87. The van der Waals surface area contributed by atoms with E-state index in [1.54, 1.807) is 4.52 Å². The molecule has 0 spiro atoms. The number of hydrogen-bond donors (Lipinski definition) is 3. The van der Waals surface area contributed by atoms with Crippen molar-refractivity contribution in [3.05, 3.63) is 101 Å². The number of nitrogens with zero attached hydrogens (tertiary/aromatic N) is 2. The third-order valence-corrected chi connectivity index (χ3v) is 8.13. The summed E-state index contributed by atoms with van der Waals surface area (Å²) < 4.78 is 24.1. The number of carboxylic acids is 1. The Morgan fingerprint density at radius 3 is 2.24 bits per heavy atom. The number of carboxylic acid groups (broad SMARTS) is 1. The van der Waals surface area contributed by atoms with Crippen molar-refractivity contribution >= 4 is 28.2 Å². The van der Waals surface area contributed by atoms with E-state index in [1.807, 2.05) is 86.6 Å². The van der Waals surface area contributed by atoms with E-state index in [-0.39, 0.29) is 11.6 Å². The molecular weight excluding hydrogens is 624 g/mol. The number of pyridine rings is 1. The number of carbonyl (C=O) groups is 2. The fourth-order valence-corrected chi connectivity index (χ4v) is 5.94. The van der Waals surface area contributed by atoms with Crippen LogP contribution in [0.5, 0.6) is 5.75 Å². The first-order valence-electron chi connectivity index (χ1n) is 16.6. The van der Waals surface area contributed by atoms with Gasteiger partial charge < -0.3 is 35.1 Å². The summed E-state index contributed by atoms with van der Waals surface area (Å²) in [4.78, 5) is 25.3. The van der Waals surface area contributed by atoms with Crippen molar-refractivity contribution in [3.8, 4) is 17.0 Å². The molecule has 0 aliphatic rings. The Balaban J connectivity index is 1.22. The SMILES string of the molecule is Cc1cc(C(=O)NCCOCCOCCOCCN)cc(C)c1-c1cccc2c(CCCOc3cccc4ccccc34)c(C(=O)O)nn12. The van der Waals surface area contributed by atoms with Crippen molar-refractivity contribution in [3.63, 3.8) is 0 Å². The monoisotopic (exact) mass is 668 g/mol. The number of rotatable bonds is 19. The molecule has 0 radical (unpaired) electrons. The third kappa shape index (κ3) is 9.01.